The second-order valence-electron chi connectivity index (χ2n) is 5.37. The summed E-state index contributed by atoms with van der Waals surface area (Å²) in [6, 6.07) is 0. The fourth-order valence-electron chi connectivity index (χ4n) is 2.38. The van der Waals surface area contributed by atoms with Crippen LogP contribution in [0.15, 0.2) is 14.9 Å². The first-order chi connectivity index (χ1) is 11.7. The molecule has 0 radical (unpaired) electrons. The molecular formula is C17H27N5OS. The smallest absolute Gasteiger partial charge is 0.191 e. The van der Waals surface area contributed by atoms with Gasteiger partial charge in [-0.25, -0.2) is 9.98 Å². The standard InChI is InChI=1S/C17H27N5OS/c1-5-14-13(15(6-2)23-22-14)10-20-17(18-8-4)19-9-12-11-24-16(7-3)21-12/h11H,5-10H2,1-4H3,(H2,18,19,20). The van der Waals surface area contributed by atoms with Crippen LogP contribution in [0, 0.1) is 0 Å². The molecule has 2 aromatic heterocycles. The van der Waals surface area contributed by atoms with Gasteiger partial charge in [0.25, 0.3) is 0 Å². The predicted octanol–water partition coefficient (Wildman–Crippen LogP) is 3.07. The molecule has 0 bridgehead atoms. The highest BCUT2D eigenvalue weighted by atomic mass is 32.1. The maximum Gasteiger partial charge on any atom is 0.191 e. The number of thiazole rings is 1. The lowest BCUT2D eigenvalue weighted by atomic mass is 10.1. The topological polar surface area (TPSA) is 75.3 Å². The van der Waals surface area contributed by atoms with Crippen molar-refractivity contribution in [3.05, 3.63) is 33.1 Å². The highest BCUT2D eigenvalue weighted by Gasteiger charge is 2.13. The Labute approximate surface area is 147 Å². The van der Waals surface area contributed by atoms with E-state index in [4.69, 9.17) is 4.52 Å². The molecule has 0 saturated heterocycles. The number of aliphatic imine (C=N–C) groups is 1. The van der Waals surface area contributed by atoms with Gasteiger partial charge in [-0.2, -0.15) is 0 Å². The van der Waals surface area contributed by atoms with Gasteiger partial charge in [-0.1, -0.05) is 25.9 Å². The van der Waals surface area contributed by atoms with E-state index >= 15 is 0 Å². The lowest BCUT2D eigenvalue weighted by Crippen LogP contribution is -2.36. The van der Waals surface area contributed by atoms with Crippen molar-refractivity contribution in [2.24, 2.45) is 4.99 Å². The lowest BCUT2D eigenvalue weighted by Gasteiger charge is -2.10. The average Bonchev–Trinajstić information content (AvgIpc) is 3.23. The summed E-state index contributed by atoms with van der Waals surface area (Å²) in [7, 11) is 0. The summed E-state index contributed by atoms with van der Waals surface area (Å²) >= 11 is 1.70. The fraction of sp³-hybridized carbons (Fsp3) is 0.588. The van der Waals surface area contributed by atoms with E-state index in [0.717, 1.165) is 54.5 Å². The van der Waals surface area contributed by atoms with E-state index in [9.17, 15) is 0 Å². The molecule has 0 aromatic carbocycles. The van der Waals surface area contributed by atoms with Gasteiger partial charge in [0.05, 0.1) is 29.5 Å². The van der Waals surface area contributed by atoms with Crippen LogP contribution in [0.25, 0.3) is 0 Å². The molecule has 0 aliphatic heterocycles. The Hall–Kier alpha value is -1.89. The molecule has 0 amide bonds. The molecular weight excluding hydrogens is 322 g/mol. The maximum absolute atomic E-state index is 5.40. The van der Waals surface area contributed by atoms with Gasteiger partial charge in [0.15, 0.2) is 5.96 Å². The van der Waals surface area contributed by atoms with Crippen molar-refractivity contribution in [1.82, 2.24) is 20.8 Å². The zero-order valence-corrected chi connectivity index (χ0v) is 15.8. The molecule has 24 heavy (non-hydrogen) atoms. The third-order valence-corrected chi connectivity index (χ3v) is 4.73. The third-order valence-electron chi connectivity index (χ3n) is 3.69. The highest BCUT2D eigenvalue weighted by Crippen LogP contribution is 2.16. The highest BCUT2D eigenvalue weighted by molar-refractivity contribution is 7.09. The van der Waals surface area contributed by atoms with E-state index in [0.29, 0.717) is 13.1 Å². The monoisotopic (exact) mass is 349 g/mol. The minimum absolute atomic E-state index is 0.572. The summed E-state index contributed by atoms with van der Waals surface area (Å²) < 4.78 is 5.40. The van der Waals surface area contributed by atoms with E-state index in [1.54, 1.807) is 11.3 Å². The van der Waals surface area contributed by atoms with Crippen molar-refractivity contribution in [2.45, 2.75) is 60.0 Å². The van der Waals surface area contributed by atoms with Crippen LogP contribution in [-0.2, 0) is 32.4 Å². The zero-order chi connectivity index (χ0) is 17.4. The number of aromatic nitrogens is 2. The number of hydrogen-bond donors (Lipinski definition) is 2. The van der Waals surface area contributed by atoms with Crippen LogP contribution >= 0.6 is 11.3 Å². The number of hydrogen-bond acceptors (Lipinski definition) is 5. The number of nitrogens with zero attached hydrogens (tertiary/aromatic N) is 3. The van der Waals surface area contributed by atoms with Crippen molar-refractivity contribution in [2.75, 3.05) is 6.54 Å². The van der Waals surface area contributed by atoms with E-state index in [2.05, 4.69) is 58.8 Å². The summed E-state index contributed by atoms with van der Waals surface area (Å²) in [6.07, 6.45) is 2.67. The van der Waals surface area contributed by atoms with E-state index in [-0.39, 0.29) is 0 Å². The van der Waals surface area contributed by atoms with Crippen molar-refractivity contribution in [3.63, 3.8) is 0 Å². The minimum Gasteiger partial charge on any atom is -0.361 e. The molecule has 0 aliphatic rings. The van der Waals surface area contributed by atoms with Gasteiger partial charge in [0.2, 0.25) is 0 Å². The Kier molecular flexibility index (Phi) is 7.24. The number of rotatable bonds is 8. The quantitative estimate of drug-likeness (QED) is 0.566. The summed E-state index contributed by atoms with van der Waals surface area (Å²) in [4.78, 5) is 9.26. The van der Waals surface area contributed by atoms with Gasteiger partial charge in [0, 0.05) is 23.9 Å². The molecule has 2 N–H and O–H groups in total. The van der Waals surface area contributed by atoms with Gasteiger partial charge in [-0.05, 0) is 19.8 Å². The molecule has 0 fully saturated rings. The van der Waals surface area contributed by atoms with E-state index in [1.807, 2.05) is 0 Å². The molecule has 0 aliphatic carbocycles. The molecule has 2 aromatic rings. The Morgan fingerprint density at radius 2 is 2.00 bits per heavy atom. The average molecular weight is 350 g/mol. The first-order valence-corrected chi connectivity index (χ1v) is 9.51. The Balaban J connectivity index is 2.03. The van der Waals surface area contributed by atoms with E-state index < -0.39 is 0 Å². The molecule has 2 rings (SSSR count). The van der Waals surface area contributed by atoms with Crippen LogP contribution in [0.1, 0.15) is 55.4 Å². The van der Waals surface area contributed by atoms with Crippen molar-refractivity contribution < 1.29 is 4.52 Å². The number of guanidine groups is 1. The van der Waals surface area contributed by atoms with Crippen LogP contribution in [0.4, 0.5) is 0 Å². The van der Waals surface area contributed by atoms with Crippen LogP contribution in [0.5, 0.6) is 0 Å². The maximum atomic E-state index is 5.40. The lowest BCUT2D eigenvalue weighted by molar-refractivity contribution is 0.380. The molecule has 6 nitrogen and oxygen atoms in total. The third kappa shape index (κ3) is 4.80. The SMILES string of the molecule is CCNC(=NCc1c(CC)noc1CC)NCc1csc(CC)n1. The molecule has 132 valence electrons. The number of aryl methyl sites for hydroxylation is 3. The van der Waals surface area contributed by atoms with Crippen LogP contribution in [0.2, 0.25) is 0 Å². The minimum atomic E-state index is 0.572. The molecule has 0 spiro atoms. The van der Waals surface area contributed by atoms with Gasteiger partial charge in [0.1, 0.15) is 5.76 Å². The van der Waals surface area contributed by atoms with Crippen LogP contribution in [-0.4, -0.2) is 22.6 Å². The second kappa shape index (κ2) is 9.42. The van der Waals surface area contributed by atoms with Gasteiger partial charge in [-0.3, -0.25) is 0 Å². The molecule has 0 atom stereocenters. The van der Waals surface area contributed by atoms with Gasteiger partial charge >= 0.3 is 0 Å². The van der Waals surface area contributed by atoms with Crippen LogP contribution in [0.3, 0.4) is 0 Å². The summed E-state index contributed by atoms with van der Waals surface area (Å²) in [5, 5.41) is 14.0. The fourth-order valence-corrected chi connectivity index (χ4v) is 3.13. The van der Waals surface area contributed by atoms with Gasteiger partial charge < -0.3 is 15.2 Å². The first kappa shape index (κ1) is 18.4. The van der Waals surface area contributed by atoms with Gasteiger partial charge in [-0.15, -0.1) is 11.3 Å². The predicted molar refractivity (Wildman–Crippen MR) is 98.4 cm³/mol. The molecule has 7 heteroatoms. The molecule has 0 unspecified atom stereocenters. The Bertz CT molecular complexity index is 640. The second-order valence-corrected chi connectivity index (χ2v) is 6.32. The Morgan fingerprint density at radius 1 is 1.17 bits per heavy atom. The normalized spacial score (nSPS) is 11.8. The zero-order valence-electron chi connectivity index (χ0n) is 15.0. The van der Waals surface area contributed by atoms with Crippen molar-refractivity contribution >= 4 is 17.3 Å². The summed E-state index contributed by atoms with van der Waals surface area (Å²) in [5.74, 6) is 1.72. The first-order valence-electron chi connectivity index (χ1n) is 8.63. The van der Waals surface area contributed by atoms with Crippen molar-refractivity contribution in [3.8, 4) is 0 Å². The van der Waals surface area contributed by atoms with E-state index in [1.165, 1.54) is 5.01 Å². The molecule has 2 heterocycles. The number of nitrogens with one attached hydrogen (secondary N) is 2. The van der Waals surface area contributed by atoms with Crippen molar-refractivity contribution in [1.29, 1.82) is 0 Å². The molecule has 0 saturated carbocycles. The largest absolute Gasteiger partial charge is 0.361 e. The summed E-state index contributed by atoms with van der Waals surface area (Å²) in [5.41, 5.74) is 3.16. The Morgan fingerprint density at radius 3 is 2.62 bits per heavy atom. The summed E-state index contributed by atoms with van der Waals surface area (Å²) in [6.45, 7) is 10.4. The van der Waals surface area contributed by atoms with Crippen LogP contribution < -0.4 is 10.6 Å².